The van der Waals surface area contributed by atoms with Crippen LogP contribution in [0, 0.1) is 0 Å². The van der Waals surface area contributed by atoms with Crippen LogP contribution in [0.15, 0.2) is 15.7 Å². The Balaban J connectivity index is 2.54. The van der Waals surface area contributed by atoms with Crippen LogP contribution < -0.4 is 16.6 Å². The highest BCUT2D eigenvalue weighted by Gasteiger charge is 2.20. The summed E-state index contributed by atoms with van der Waals surface area (Å²) in [5.41, 5.74) is 0.00903. The van der Waals surface area contributed by atoms with Crippen LogP contribution in [-0.2, 0) is 20.6 Å². The van der Waals surface area contributed by atoms with Gasteiger partial charge in [0.2, 0.25) is 0 Å². The number of unbranched alkanes of at least 4 members (excludes halogenated alkanes) is 1. The largest absolute Gasteiger partial charge is 0.396 e. The lowest BCUT2D eigenvalue weighted by molar-refractivity contribution is 0.0943. The molecule has 0 aliphatic carbocycles. The summed E-state index contributed by atoms with van der Waals surface area (Å²) in [6.45, 7) is 3.03. The third-order valence-corrected chi connectivity index (χ3v) is 4.05. The second-order valence-corrected chi connectivity index (χ2v) is 5.81. The van der Waals surface area contributed by atoms with Gasteiger partial charge in [0, 0.05) is 33.8 Å². The average Bonchev–Trinajstić information content (AvgIpc) is 2.95. The van der Waals surface area contributed by atoms with Gasteiger partial charge in [-0.2, -0.15) is 0 Å². The molecule has 1 amide bonds. The molecular weight excluding hydrogens is 312 g/mol. The van der Waals surface area contributed by atoms with E-state index in [1.807, 2.05) is 6.92 Å². The van der Waals surface area contributed by atoms with E-state index in [-0.39, 0.29) is 12.5 Å². The smallest absolute Gasteiger partial charge is 0.332 e. The zero-order valence-corrected chi connectivity index (χ0v) is 14.3. The summed E-state index contributed by atoms with van der Waals surface area (Å²) >= 11 is 0. The third kappa shape index (κ3) is 3.14. The van der Waals surface area contributed by atoms with Gasteiger partial charge in [-0.3, -0.25) is 18.7 Å². The van der Waals surface area contributed by atoms with Crippen LogP contribution in [0.1, 0.15) is 36.7 Å². The van der Waals surface area contributed by atoms with Gasteiger partial charge in [-0.05, 0) is 25.3 Å². The second-order valence-electron chi connectivity index (χ2n) is 5.81. The number of fused-ring (bicyclic) bond motifs is 1. The van der Waals surface area contributed by atoms with Crippen LogP contribution in [0.5, 0.6) is 0 Å². The second kappa shape index (κ2) is 7.48. The number of carbonyl (C=O) groups is 1. The molecule has 8 heteroatoms. The molecule has 2 heterocycles. The number of hydrogen-bond acceptors (Lipinski definition) is 4. The van der Waals surface area contributed by atoms with Crippen LogP contribution >= 0.6 is 0 Å². The first kappa shape index (κ1) is 18.0. The molecule has 0 atom stereocenters. The number of rotatable bonds is 7. The fourth-order valence-corrected chi connectivity index (χ4v) is 2.81. The Morgan fingerprint density at radius 1 is 1.21 bits per heavy atom. The zero-order chi connectivity index (χ0) is 17.9. The lowest BCUT2D eigenvalue weighted by Crippen LogP contribution is -2.37. The SMILES string of the molecule is CCCn1c(C(=O)NCCCCO)cc2c(=O)n(C)c(=O)n(C)c21. The van der Waals surface area contributed by atoms with E-state index < -0.39 is 11.2 Å². The number of amides is 1. The molecule has 0 aliphatic rings. The van der Waals surface area contributed by atoms with Crippen molar-refractivity contribution in [2.45, 2.75) is 32.7 Å². The summed E-state index contributed by atoms with van der Waals surface area (Å²) < 4.78 is 4.16. The first-order valence-electron chi connectivity index (χ1n) is 8.12. The van der Waals surface area contributed by atoms with Gasteiger partial charge in [-0.1, -0.05) is 6.92 Å². The Labute approximate surface area is 139 Å². The lowest BCUT2D eigenvalue weighted by atomic mass is 10.3. The van der Waals surface area contributed by atoms with E-state index in [4.69, 9.17) is 5.11 Å². The van der Waals surface area contributed by atoms with E-state index in [1.54, 1.807) is 17.7 Å². The van der Waals surface area contributed by atoms with Crippen LogP contribution in [0.25, 0.3) is 11.0 Å². The summed E-state index contributed by atoms with van der Waals surface area (Å²) in [7, 11) is 3.02. The Hall–Kier alpha value is -2.35. The molecule has 24 heavy (non-hydrogen) atoms. The van der Waals surface area contributed by atoms with Gasteiger partial charge in [0.25, 0.3) is 11.5 Å². The van der Waals surface area contributed by atoms with Crippen LogP contribution in [0.2, 0.25) is 0 Å². The Kier molecular flexibility index (Phi) is 5.61. The van der Waals surface area contributed by atoms with Gasteiger partial charge in [0.15, 0.2) is 0 Å². The van der Waals surface area contributed by atoms with Crippen molar-refractivity contribution < 1.29 is 9.90 Å². The van der Waals surface area contributed by atoms with Gasteiger partial charge in [0.1, 0.15) is 11.3 Å². The molecule has 2 aromatic rings. The lowest BCUT2D eigenvalue weighted by Gasteiger charge is -2.12. The molecule has 8 nitrogen and oxygen atoms in total. The van der Waals surface area contributed by atoms with Crippen molar-refractivity contribution in [2.75, 3.05) is 13.2 Å². The Bertz CT molecular complexity index is 860. The highest BCUT2D eigenvalue weighted by atomic mass is 16.3. The molecule has 0 aromatic carbocycles. The molecule has 0 saturated carbocycles. The Morgan fingerprint density at radius 3 is 2.54 bits per heavy atom. The molecule has 0 bridgehead atoms. The number of aliphatic hydroxyl groups is 1. The molecular formula is C16H24N4O4. The average molecular weight is 336 g/mol. The monoisotopic (exact) mass is 336 g/mol. The van der Waals surface area contributed by atoms with Gasteiger partial charge < -0.3 is 15.0 Å². The highest BCUT2D eigenvalue weighted by molar-refractivity contribution is 5.97. The van der Waals surface area contributed by atoms with E-state index in [2.05, 4.69) is 5.32 Å². The molecule has 0 radical (unpaired) electrons. The van der Waals surface area contributed by atoms with Crippen molar-refractivity contribution in [3.05, 3.63) is 32.6 Å². The van der Waals surface area contributed by atoms with Crippen molar-refractivity contribution in [3.63, 3.8) is 0 Å². The molecule has 2 rings (SSSR count). The predicted molar refractivity (Wildman–Crippen MR) is 91.4 cm³/mol. The summed E-state index contributed by atoms with van der Waals surface area (Å²) in [6.07, 6.45) is 2.06. The molecule has 2 aromatic heterocycles. The maximum absolute atomic E-state index is 12.5. The first-order chi connectivity index (χ1) is 11.4. The fraction of sp³-hybridized carbons (Fsp3) is 0.562. The van der Waals surface area contributed by atoms with E-state index in [0.717, 1.165) is 11.0 Å². The minimum atomic E-state index is -0.419. The van der Waals surface area contributed by atoms with Crippen molar-refractivity contribution >= 4 is 16.9 Å². The molecule has 132 valence electrons. The zero-order valence-electron chi connectivity index (χ0n) is 14.3. The molecule has 0 saturated heterocycles. The van der Waals surface area contributed by atoms with Crippen molar-refractivity contribution in [1.29, 1.82) is 0 Å². The topological polar surface area (TPSA) is 98.3 Å². The van der Waals surface area contributed by atoms with Crippen LogP contribution in [-0.4, -0.2) is 37.9 Å². The van der Waals surface area contributed by atoms with E-state index in [9.17, 15) is 14.4 Å². The summed E-state index contributed by atoms with van der Waals surface area (Å²) in [5.74, 6) is -0.285. The van der Waals surface area contributed by atoms with Crippen LogP contribution in [0.4, 0.5) is 0 Å². The van der Waals surface area contributed by atoms with Gasteiger partial charge in [-0.25, -0.2) is 4.79 Å². The maximum Gasteiger partial charge on any atom is 0.332 e. The summed E-state index contributed by atoms with van der Waals surface area (Å²) in [5, 5.41) is 11.9. The maximum atomic E-state index is 12.5. The van der Waals surface area contributed by atoms with Gasteiger partial charge in [0.05, 0.1) is 5.39 Å². The van der Waals surface area contributed by atoms with Gasteiger partial charge in [-0.15, -0.1) is 0 Å². The number of aliphatic hydroxyl groups excluding tert-OH is 1. The number of aromatic nitrogens is 3. The van der Waals surface area contributed by atoms with Gasteiger partial charge >= 0.3 is 5.69 Å². The quantitative estimate of drug-likeness (QED) is 0.693. The molecule has 0 spiro atoms. The predicted octanol–water partition coefficient (Wildman–Crippen LogP) is -0.0490. The van der Waals surface area contributed by atoms with Crippen molar-refractivity contribution in [3.8, 4) is 0 Å². The third-order valence-electron chi connectivity index (χ3n) is 4.05. The number of nitrogens with one attached hydrogen (secondary N) is 1. The standard InChI is InChI=1S/C16H24N4O4/c1-4-8-20-12(13(22)17-7-5-6-9-21)10-11-14(20)18(2)16(24)19(3)15(11)23/h10,21H,4-9H2,1-3H3,(H,17,22). The van der Waals surface area contributed by atoms with E-state index in [0.29, 0.717) is 42.7 Å². The summed E-state index contributed by atoms with van der Waals surface area (Å²) in [6, 6.07) is 1.55. The number of hydrogen-bond donors (Lipinski definition) is 2. The number of nitrogens with zero attached hydrogens (tertiary/aromatic N) is 3. The minimum absolute atomic E-state index is 0.0874. The number of aryl methyl sites for hydroxylation is 2. The molecule has 0 aliphatic heterocycles. The minimum Gasteiger partial charge on any atom is -0.396 e. The van der Waals surface area contributed by atoms with Crippen molar-refractivity contribution in [2.24, 2.45) is 14.1 Å². The van der Waals surface area contributed by atoms with Crippen LogP contribution in [0.3, 0.4) is 0 Å². The Morgan fingerprint density at radius 2 is 1.92 bits per heavy atom. The normalized spacial score (nSPS) is 11.2. The molecule has 2 N–H and O–H groups in total. The van der Waals surface area contributed by atoms with E-state index >= 15 is 0 Å². The summed E-state index contributed by atoms with van der Waals surface area (Å²) in [4.78, 5) is 37.0. The van der Waals surface area contributed by atoms with Crippen molar-refractivity contribution in [1.82, 2.24) is 19.0 Å². The first-order valence-corrected chi connectivity index (χ1v) is 8.12. The highest BCUT2D eigenvalue weighted by Crippen LogP contribution is 2.16. The molecule has 0 fully saturated rings. The molecule has 0 unspecified atom stereocenters. The number of carbonyl (C=O) groups excluding carboxylic acids is 1. The fourth-order valence-electron chi connectivity index (χ4n) is 2.81. The van der Waals surface area contributed by atoms with E-state index in [1.165, 1.54) is 11.6 Å².